The SMILES string of the molecule is Cc1cccc(CC(C)(C)S(=O)(=O)Cl)c1. The second kappa shape index (κ2) is 4.14. The van der Waals surface area contributed by atoms with Crippen LogP contribution in [-0.2, 0) is 15.5 Å². The number of benzene rings is 1. The maximum absolute atomic E-state index is 11.3. The second-order valence-corrected chi connectivity index (χ2v) is 7.56. The van der Waals surface area contributed by atoms with Crippen molar-refractivity contribution in [2.45, 2.75) is 31.9 Å². The summed E-state index contributed by atoms with van der Waals surface area (Å²) >= 11 is 0. The van der Waals surface area contributed by atoms with Gasteiger partial charge in [-0.3, -0.25) is 0 Å². The van der Waals surface area contributed by atoms with Crippen LogP contribution in [0.3, 0.4) is 0 Å². The first-order chi connectivity index (χ1) is 6.72. The van der Waals surface area contributed by atoms with Crippen molar-refractivity contribution in [2.75, 3.05) is 0 Å². The third kappa shape index (κ3) is 3.21. The fourth-order valence-corrected chi connectivity index (χ4v) is 1.90. The highest BCUT2D eigenvalue weighted by Gasteiger charge is 2.32. The Morgan fingerprint density at radius 1 is 1.33 bits per heavy atom. The zero-order valence-electron chi connectivity index (χ0n) is 9.12. The minimum atomic E-state index is -3.54. The molecule has 0 spiro atoms. The first-order valence-electron chi connectivity index (χ1n) is 4.72. The van der Waals surface area contributed by atoms with Crippen LogP contribution in [0.4, 0.5) is 0 Å². The first kappa shape index (κ1) is 12.5. The summed E-state index contributed by atoms with van der Waals surface area (Å²) in [5.74, 6) is 0. The van der Waals surface area contributed by atoms with Gasteiger partial charge in [0.05, 0.1) is 4.75 Å². The zero-order chi connectivity index (χ0) is 11.7. The van der Waals surface area contributed by atoms with Gasteiger partial charge >= 0.3 is 0 Å². The van der Waals surface area contributed by atoms with Crippen LogP contribution in [0.2, 0.25) is 0 Å². The Morgan fingerprint density at radius 2 is 1.93 bits per heavy atom. The van der Waals surface area contributed by atoms with Crippen molar-refractivity contribution in [3.05, 3.63) is 35.4 Å². The van der Waals surface area contributed by atoms with Crippen LogP contribution in [0.15, 0.2) is 24.3 Å². The second-order valence-electron chi connectivity index (χ2n) is 4.36. The van der Waals surface area contributed by atoms with Crippen LogP contribution in [0.5, 0.6) is 0 Å². The average Bonchev–Trinajstić information content (AvgIpc) is 2.00. The van der Waals surface area contributed by atoms with Crippen LogP contribution < -0.4 is 0 Å². The molecule has 0 radical (unpaired) electrons. The third-order valence-electron chi connectivity index (χ3n) is 2.37. The molecule has 0 fully saturated rings. The summed E-state index contributed by atoms with van der Waals surface area (Å²) in [5, 5.41) is 0. The van der Waals surface area contributed by atoms with Crippen molar-refractivity contribution in [2.24, 2.45) is 0 Å². The Bertz CT molecular complexity index is 449. The van der Waals surface area contributed by atoms with Crippen LogP contribution in [0.25, 0.3) is 0 Å². The Morgan fingerprint density at radius 3 is 2.40 bits per heavy atom. The molecule has 0 saturated heterocycles. The van der Waals surface area contributed by atoms with Gasteiger partial charge in [0.25, 0.3) is 0 Å². The van der Waals surface area contributed by atoms with Crippen LogP contribution in [0, 0.1) is 6.92 Å². The molecule has 15 heavy (non-hydrogen) atoms. The molecule has 0 aliphatic carbocycles. The van der Waals surface area contributed by atoms with Gasteiger partial charge in [-0.2, -0.15) is 0 Å². The lowest BCUT2D eigenvalue weighted by molar-refractivity contribution is 0.559. The lowest BCUT2D eigenvalue weighted by Crippen LogP contribution is -2.30. The van der Waals surface area contributed by atoms with Crippen molar-refractivity contribution in [1.82, 2.24) is 0 Å². The van der Waals surface area contributed by atoms with Gasteiger partial charge in [0, 0.05) is 10.7 Å². The largest absolute Gasteiger partial charge is 0.238 e. The first-order valence-corrected chi connectivity index (χ1v) is 7.03. The quantitative estimate of drug-likeness (QED) is 0.769. The standard InChI is InChI=1S/C11H15ClO2S/c1-9-5-4-6-10(7-9)8-11(2,3)15(12,13)14/h4-7H,8H2,1-3H3. The van der Waals surface area contributed by atoms with E-state index in [1.165, 1.54) is 0 Å². The van der Waals surface area contributed by atoms with Gasteiger partial charge in [0.15, 0.2) is 0 Å². The number of halogens is 1. The highest BCUT2D eigenvalue weighted by molar-refractivity contribution is 8.14. The summed E-state index contributed by atoms with van der Waals surface area (Å²) in [5.41, 5.74) is 2.11. The summed E-state index contributed by atoms with van der Waals surface area (Å²) in [4.78, 5) is 0. The molecule has 0 amide bonds. The summed E-state index contributed by atoms with van der Waals surface area (Å²) in [6, 6.07) is 7.79. The fourth-order valence-electron chi connectivity index (χ4n) is 1.40. The van der Waals surface area contributed by atoms with Crippen LogP contribution >= 0.6 is 10.7 Å². The van der Waals surface area contributed by atoms with E-state index in [1.807, 2.05) is 31.2 Å². The average molecular weight is 247 g/mol. The Labute approximate surface area is 95.7 Å². The normalized spacial score (nSPS) is 12.8. The van der Waals surface area contributed by atoms with Gasteiger partial charge < -0.3 is 0 Å². The van der Waals surface area contributed by atoms with E-state index in [2.05, 4.69) is 0 Å². The maximum atomic E-state index is 11.3. The molecule has 0 aliphatic rings. The van der Waals surface area contributed by atoms with E-state index < -0.39 is 13.8 Å². The van der Waals surface area contributed by atoms with E-state index in [9.17, 15) is 8.42 Å². The molecule has 84 valence electrons. The van der Waals surface area contributed by atoms with Gasteiger partial charge in [-0.15, -0.1) is 0 Å². The van der Waals surface area contributed by atoms with Crippen molar-refractivity contribution in [3.8, 4) is 0 Å². The predicted molar refractivity (Wildman–Crippen MR) is 63.7 cm³/mol. The Hall–Kier alpha value is -0.540. The van der Waals surface area contributed by atoms with Gasteiger partial charge in [-0.25, -0.2) is 8.42 Å². The van der Waals surface area contributed by atoms with Crippen molar-refractivity contribution < 1.29 is 8.42 Å². The smallest absolute Gasteiger partial charge is 0.212 e. The Kier molecular flexibility index (Phi) is 3.46. The van der Waals surface area contributed by atoms with Gasteiger partial charge in [0.2, 0.25) is 9.05 Å². The highest BCUT2D eigenvalue weighted by Crippen LogP contribution is 2.25. The third-order valence-corrected chi connectivity index (χ3v) is 5.09. The molecule has 0 N–H and O–H groups in total. The number of hydrogen-bond donors (Lipinski definition) is 0. The lowest BCUT2D eigenvalue weighted by atomic mass is 10.0. The predicted octanol–water partition coefficient (Wildman–Crippen LogP) is 2.88. The van der Waals surface area contributed by atoms with Crippen molar-refractivity contribution in [3.63, 3.8) is 0 Å². The van der Waals surface area contributed by atoms with Crippen molar-refractivity contribution in [1.29, 1.82) is 0 Å². The fraction of sp³-hybridized carbons (Fsp3) is 0.455. The molecule has 0 heterocycles. The molecule has 0 atom stereocenters. The molecule has 0 bridgehead atoms. The van der Waals surface area contributed by atoms with Gasteiger partial charge in [-0.05, 0) is 32.8 Å². The van der Waals surface area contributed by atoms with E-state index in [-0.39, 0.29) is 0 Å². The minimum Gasteiger partial charge on any atom is -0.212 e. The molecule has 0 aromatic heterocycles. The molecule has 1 aromatic carbocycles. The Balaban J connectivity index is 2.97. The molecule has 1 rings (SSSR count). The molecule has 2 nitrogen and oxygen atoms in total. The number of aryl methyl sites for hydroxylation is 1. The monoisotopic (exact) mass is 246 g/mol. The molecule has 0 saturated carbocycles. The summed E-state index contributed by atoms with van der Waals surface area (Å²) in [6.07, 6.45) is 0.431. The minimum absolute atomic E-state index is 0.431. The zero-order valence-corrected chi connectivity index (χ0v) is 10.7. The number of rotatable bonds is 3. The highest BCUT2D eigenvalue weighted by atomic mass is 35.7. The number of hydrogen-bond acceptors (Lipinski definition) is 2. The van der Waals surface area contributed by atoms with Crippen molar-refractivity contribution >= 4 is 19.7 Å². The lowest BCUT2D eigenvalue weighted by Gasteiger charge is -2.20. The molecule has 1 aromatic rings. The molecular formula is C11H15ClO2S. The van der Waals surface area contributed by atoms with E-state index in [1.54, 1.807) is 13.8 Å². The summed E-state index contributed by atoms with van der Waals surface area (Å²) in [7, 11) is 1.85. The van der Waals surface area contributed by atoms with Crippen LogP contribution in [-0.4, -0.2) is 13.2 Å². The van der Waals surface area contributed by atoms with Gasteiger partial charge in [-0.1, -0.05) is 29.8 Å². The molecular weight excluding hydrogens is 232 g/mol. The topological polar surface area (TPSA) is 34.1 Å². The van der Waals surface area contributed by atoms with E-state index >= 15 is 0 Å². The van der Waals surface area contributed by atoms with E-state index in [0.717, 1.165) is 11.1 Å². The van der Waals surface area contributed by atoms with Gasteiger partial charge in [0.1, 0.15) is 0 Å². The van der Waals surface area contributed by atoms with E-state index in [4.69, 9.17) is 10.7 Å². The summed E-state index contributed by atoms with van der Waals surface area (Å²) in [6.45, 7) is 5.25. The molecule has 4 heteroatoms. The summed E-state index contributed by atoms with van der Waals surface area (Å²) < 4.78 is 21.7. The molecule has 0 aliphatic heterocycles. The maximum Gasteiger partial charge on any atom is 0.238 e. The molecule has 0 unspecified atom stereocenters. The van der Waals surface area contributed by atoms with Crippen LogP contribution in [0.1, 0.15) is 25.0 Å². The van der Waals surface area contributed by atoms with E-state index in [0.29, 0.717) is 6.42 Å².